The fourth-order valence-electron chi connectivity index (χ4n) is 2.03. The summed E-state index contributed by atoms with van der Waals surface area (Å²) in [4.78, 5) is 12.5. The van der Waals surface area contributed by atoms with E-state index >= 15 is 0 Å². The number of benzene rings is 1. The van der Waals surface area contributed by atoms with Crippen LogP contribution in [0.5, 0.6) is 0 Å². The second-order valence-electron chi connectivity index (χ2n) is 4.15. The molecule has 0 spiro atoms. The first-order valence-electron chi connectivity index (χ1n) is 5.92. The largest absolute Gasteiger partial charge is 0.395 e. The van der Waals surface area contributed by atoms with Crippen LogP contribution >= 0.6 is 11.8 Å². The number of carbonyl (C=O) groups is 1. The molecule has 0 aromatic heterocycles. The highest BCUT2D eigenvalue weighted by Gasteiger charge is 2.11. The quantitative estimate of drug-likeness (QED) is 0.777. The smallest absolute Gasteiger partial charge is 0.230 e. The van der Waals surface area contributed by atoms with Crippen molar-refractivity contribution in [2.75, 3.05) is 18.9 Å². The highest BCUT2D eigenvalue weighted by molar-refractivity contribution is 8.00. The molecule has 92 valence electrons. The number of aliphatic hydroxyl groups is 1. The van der Waals surface area contributed by atoms with Gasteiger partial charge in [-0.25, -0.2) is 0 Å². The lowest BCUT2D eigenvalue weighted by molar-refractivity contribution is -0.118. The molecule has 0 saturated heterocycles. The van der Waals surface area contributed by atoms with Crippen molar-refractivity contribution >= 4 is 17.7 Å². The van der Waals surface area contributed by atoms with Gasteiger partial charge in [-0.15, -0.1) is 11.8 Å². The second kappa shape index (κ2) is 6.07. The molecule has 0 bridgehead atoms. The summed E-state index contributed by atoms with van der Waals surface area (Å²) in [6, 6.07) is 6.47. The summed E-state index contributed by atoms with van der Waals surface area (Å²) in [5, 5.41) is 11.2. The number of hydrogen-bond acceptors (Lipinski definition) is 3. The van der Waals surface area contributed by atoms with E-state index in [4.69, 9.17) is 5.11 Å². The number of aryl methyl sites for hydroxylation is 2. The minimum absolute atomic E-state index is 0.00471. The van der Waals surface area contributed by atoms with E-state index in [0.717, 1.165) is 4.90 Å². The molecular formula is C13H17NO2S. The first-order chi connectivity index (χ1) is 8.29. The Morgan fingerprint density at radius 2 is 2.18 bits per heavy atom. The molecule has 3 nitrogen and oxygen atoms in total. The van der Waals surface area contributed by atoms with Gasteiger partial charge in [-0.2, -0.15) is 0 Å². The summed E-state index contributed by atoms with van der Waals surface area (Å²) in [5.74, 6) is 0.392. The molecule has 1 aliphatic rings. The number of carbonyl (C=O) groups excluding carboxylic acids is 1. The van der Waals surface area contributed by atoms with Crippen LogP contribution in [0.4, 0.5) is 0 Å². The predicted molar refractivity (Wildman–Crippen MR) is 69.3 cm³/mol. The number of rotatable bonds is 5. The first-order valence-corrected chi connectivity index (χ1v) is 6.90. The number of aliphatic hydroxyl groups excluding tert-OH is 1. The van der Waals surface area contributed by atoms with Gasteiger partial charge < -0.3 is 10.4 Å². The van der Waals surface area contributed by atoms with E-state index in [1.54, 1.807) is 11.8 Å². The Kier molecular flexibility index (Phi) is 4.45. The number of fused-ring (bicyclic) bond motifs is 1. The van der Waals surface area contributed by atoms with Crippen LogP contribution in [-0.4, -0.2) is 29.9 Å². The van der Waals surface area contributed by atoms with Gasteiger partial charge in [0, 0.05) is 11.4 Å². The zero-order valence-corrected chi connectivity index (χ0v) is 10.6. The minimum Gasteiger partial charge on any atom is -0.395 e. The molecule has 0 saturated carbocycles. The summed E-state index contributed by atoms with van der Waals surface area (Å²) in [5.41, 5.74) is 2.89. The molecule has 2 rings (SSSR count). The summed E-state index contributed by atoms with van der Waals surface area (Å²) in [7, 11) is 0. The van der Waals surface area contributed by atoms with Crippen molar-refractivity contribution in [1.82, 2.24) is 5.32 Å². The van der Waals surface area contributed by atoms with Crippen molar-refractivity contribution in [2.45, 2.75) is 24.2 Å². The number of hydrogen-bond donors (Lipinski definition) is 2. The SMILES string of the molecule is O=C(CSc1ccc2c(c1)CCC2)NCCO. The Labute approximate surface area is 106 Å². The van der Waals surface area contributed by atoms with E-state index < -0.39 is 0 Å². The van der Waals surface area contributed by atoms with Gasteiger partial charge in [0.05, 0.1) is 12.4 Å². The fourth-order valence-corrected chi connectivity index (χ4v) is 2.82. The lowest BCUT2D eigenvalue weighted by Gasteiger charge is -2.05. The third-order valence-electron chi connectivity index (χ3n) is 2.87. The van der Waals surface area contributed by atoms with E-state index in [9.17, 15) is 4.79 Å². The van der Waals surface area contributed by atoms with Crippen LogP contribution in [0.15, 0.2) is 23.1 Å². The van der Waals surface area contributed by atoms with Crippen molar-refractivity contribution in [3.63, 3.8) is 0 Å². The van der Waals surface area contributed by atoms with E-state index in [1.807, 2.05) is 0 Å². The zero-order chi connectivity index (χ0) is 12.1. The highest BCUT2D eigenvalue weighted by atomic mass is 32.2. The third-order valence-corrected chi connectivity index (χ3v) is 3.87. The molecule has 0 unspecified atom stereocenters. The normalized spacial score (nSPS) is 13.5. The van der Waals surface area contributed by atoms with Gasteiger partial charge in [-0.1, -0.05) is 6.07 Å². The number of thioether (sulfide) groups is 1. The third kappa shape index (κ3) is 3.48. The molecule has 0 heterocycles. The maximum Gasteiger partial charge on any atom is 0.230 e. The molecule has 17 heavy (non-hydrogen) atoms. The van der Waals surface area contributed by atoms with E-state index in [2.05, 4.69) is 23.5 Å². The van der Waals surface area contributed by atoms with Crippen LogP contribution in [0.2, 0.25) is 0 Å². The predicted octanol–water partition coefficient (Wildman–Crippen LogP) is 1.38. The molecule has 0 radical (unpaired) electrons. The van der Waals surface area contributed by atoms with Crippen LogP contribution in [0.3, 0.4) is 0 Å². The average Bonchev–Trinajstić information content (AvgIpc) is 2.81. The minimum atomic E-state index is -0.0236. The van der Waals surface area contributed by atoms with Gasteiger partial charge in [0.1, 0.15) is 0 Å². The first kappa shape index (κ1) is 12.5. The van der Waals surface area contributed by atoms with Crippen LogP contribution in [0.1, 0.15) is 17.5 Å². The molecule has 4 heteroatoms. The topological polar surface area (TPSA) is 49.3 Å². The molecule has 0 aliphatic heterocycles. The Hall–Kier alpha value is -1.00. The Morgan fingerprint density at radius 3 is 3.00 bits per heavy atom. The average molecular weight is 251 g/mol. The van der Waals surface area contributed by atoms with Crippen LogP contribution < -0.4 is 5.32 Å². The van der Waals surface area contributed by atoms with Gasteiger partial charge in [-0.3, -0.25) is 4.79 Å². The lowest BCUT2D eigenvalue weighted by atomic mass is 10.1. The summed E-state index contributed by atoms with van der Waals surface area (Å²) in [6.07, 6.45) is 3.61. The highest BCUT2D eigenvalue weighted by Crippen LogP contribution is 2.27. The Bertz CT molecular complexity index is 406. The summed E-state index contributed by atoms with van der Waals surface area (Å²) >= 11 is 1.55. The molecule has 1 amide bonds. The van der Waals surface area contributed by atoms with E-state index in [1.165, 1.54) is 30.4 Å². The van der Waals surface area contributed by atoms with Crippen molar-refractivity contribution in [3.05, 3.63) is 29.3 Å². The molecule has 0 fully saturated rings. The molecule has 2 N–H and O–H groups in total. The maximum atomic E-state index is 11.4. The monoisotopic (exact) mass is 251 g/mol. The van der Waals surface area contributed by atoms with Crippen LogP contribution in [0.25, 0.3) is 0 Å². The van der Waals surface area contributed by atoms with Gasteiger partial charge in [0.2, 0.25) is 5.91 Å². The van der Waals surface area contributed by atoms with Crippen molar-refractivity contribution < 1.29 is 9.90 Å². The van der Waals surface area contributed by atoms with Gasteiger partial charge in [0.25, 0.3) is 0 Å². The van der Waals surface area contributed by atoms with Gasteiger partial charge >= 0.3 is 0 Å². The molecular weight excluding hydrogens is 234 g/mol. The van der Waals surface area contributed by atoms with Crippen molar-refractivity contribution in [1.29, 1.82) is 0 Å². The van der Waals surface area contributed by atoms with Crippen LogP contribution in [0, 0.1) is 0 Å². The van der Waals surface area contributed by atoms with Crippen LogP contribution in [-0.2, 0) is 17.6 Å². The maximum absolute atomic E-state index is 11.4. The van der Waals surface area contributed by atoms with E-state index in [0.29, 0.717) is 12.3 Å². The standard InChI is InChI=1S/C13H17NO2S/c15-7-6-14-13(16)9-17-12-5-4-10-2-1-3-11(10)8-12/h4-5,8,15H,1-3,6-7,9H2,(H,14,16). The zero-order valence-electron chi connectivity index (χ0n) is 9.74. The molecule has 1 aliphatic carbocycles. The van der Waals surface area contributed by atoms with Crippen molar-refractivity contribution in [3.8, 4) is 0 Å². The fraction of sp³-hybridized carbons (Fsp3) is 0.462. The lowest BCUT2D eigenvalue weighted by Crippen LogP contribution is -2.27. The Morgan fingerprint density at radius 1 is 1.35 bits per heavy atom. The summed E-state index contributed by atoms with van der Waals surface area (Å²) in [6.45, 7) is 0.332. The van der Waals surface area contributed by atoms with E-state index in [-0.39, 0.29) is 12.5 Å². The van der Waals surface area contributed by atoms with Gasteiger partial charge in [-0.05, 0) is 42.5 Å². The second-order valence-corrected chi connectivity index (χ2v) is 5.20. The molecule has 1 aromatic carbocycles. The summed E-state index contributed by atoms with van der Waals surface area (Å²) < 4.78 is 0. The Balaban J connectivity index is 1.85. The number of nitrogens with one attached hydrogen (secondary N) is 1. The molecule has 0 atom stereocenters. The molecule has 1 aromatic rings. The number of amides is 1. The van der Waals surface area contributed by atoms with Crippen molar-refractivity contribution in [2.24, 2.45) is 0 Å². The van der Waals surface area contributed by atoms with Gasteiger partial charge in [0.15, 0.2) is 0 Å².